The Kier molecular flexibility index (Phi) is 8.93. The largest absolute Gasteiger partial charge is 0.506 e. The highest BCUT2D eigenvalue weighted by Gasteiger charge is 2.34. The second-order valence-corrected chi connectivity index (χ2v) is 10.7. The van der Waals surface area contributed by atoms with Gasteiger partial charge in [-0.15, -0.1) is 0 Å². The van der Waals surface area contributed by atoms with E-state index in [2.05, 4.69) is 20.5 Å². The van der Waals surface area contributed by atoms with Gasteiger partial charge in [0.1, 0.15) is 5.75 Å². The maximum Gasteiger partial charge on any atom is 0.252 e. The number of benzene rings is 2. The van der Waals surface area contributed by atoms with E-state index in [1.807, 2.05) is 24.3 Å². The fourth-order valence-corrected chi connectivity index (χ4v) is 5.69. The van der Waals surface area contributed by atoms with Crippen molar-refractivity contribution in [1.29, 1.82) is 0 Å². The highest BCUT2D eigenvalue weighted by Crippen LogP contribution is 2.31. The van der Waals surface area contributed by atoms with Gasteiger partial charge in [-0.3, -0.25) is 14.5 Å². The molecule has 3 aliphatic rings. The maximum absolute atomic E-state index is 12.8. The van der Waals surface area contributed by atoms with Crippen LogP contribution in [-0.4, -0.2) is 65.0 Å². The number of nitrogens with zero attached hydrogens (tertiary/aromatic N) is 1. The number of amides is 1. The van der Waals surface area contributed by atoms with Crippen molar-refractivity contribution in [3.8, 4) is 5.75 Å². The number of aromatic nitrogens is 1. The molecule has 9 heteroatoms. The van der Waals surface area contributed by atoms with E-state index in [1.165, 1.54) is 25.0 Å². The van der Waals surface area contributed by atoms with Crippen molar-refractivity contribution >= 4 is 16.8 Å². The zero-order valence-electron chi connectivity index (χ0n) is 22.2. The van der Waals surface area contributed by atoms with Gasteiger partial charge in [0, 0.05) is 43.3 Å². The summed E-state index contributed by atoms with van der Waals surface area (Å²) in [5.41, 5.74) is 2.33. The van der Waals surface area contributed by atoms with E-state index < -0.39 is 6.10 Å². The first kappa shape index (κ1) is 27.3. The monoisotopic (exact) mass is 534 g/mol. The van der Waals surface area contributed by atoms with Gasteiger partial charge < -0.3 is 30.6 Å². The summed E-state index contributed by atoms with van der Waals surface area (Å²) in [6, 6.07) is 13.8. The molecule has 39 heavy (non-hydrogen) atoms. The van der Waals surface area contributed by atoms with Crippen LogP contribution in [0.15, 0.2) is 53.3 Å². The van der Waals surface area contributed by atoms with Crippen LogP contribution in [0.5, 0.6) is 5.75 Å². The van der Waals surface area contributed by atoms with Crippen LogP contribution in [0.3, 0.4) is 0 Å². The molecule has 0 saturated carbocycles. The van der Waals surface area contributed by atoms with Gasteiger partial charge >= 0.3 is 0 Å². The molecule has 3 saturated heterocycles. The number of nitrogens with one attached hydrogen (secondary N) is 3. The van der Waals surface area contributed by atoms with Crippen molar-refractivity contribution in [1.82, 2.24) is 20.5 Å². The fraction of sp³-hybridized carbons (Fsp3) is 0.467. The summed E-state index contributed by atoms with van der Waals surface area (Å²) in [7, 11) is 0. The summed E-state index contributed by atoms with van der Waals surface area (Å²) in [6.07, 6.45) is 4.69. The number of unbranched alkanes of at least 4 members (excludes halogenated alkanes) is 1. The number of pyridine rings is 1. The lowest BCUT2D eigenvalue weighted by atomic mass is 9.86. The zero-order valence-corrected chi connectivity index (χ0v) is 22.2. The number of aliphatic hydroxyl groups is 1. The van der Waals surface area contributed by atoms with Crippen LogP contribution >= 0.6 is 0 Å². The number of aromatic hydroxyl groups is 1. The van der Waals surface area contributed by atoms with Crippen molar-refractivity contribution in [3.05, 3.63) is 75.6 Å². The van der Waals surface area contributed by atoms with E-state index >= 15 is 0 Å². The highest BCUT2D eigenvalue weighted by atomic mass is 16.5. The molecule has 3 fully saturated rings. The first-order valence-corrected chi connectivity index (χ1v) is 13.9. The third-order valence-electron chi connectivity index (χ3n) is 7.90. The van der Waals surface area contributed by atoms with Gasteiger partial charge in [-0.25, -0.2) is 0 Å². The quantitative estimate of drug-likeness (QED) is 0.226. The summed E-state index contributed by atoms with van der Waals surface area (Å²) < 4.78 is 5.84. The van der Waals surface area contributed by atoms with Crippen LogP contribution in [0.4, 0.5) is 0 Å². The van der Waals surface area contributed by atoms with E-state index in [0.29, 0.717) is 41.8 Å². The topological polar surface area (TPSA) is 127 Å². The first-order valence-electron chi connectivity index (χ1n) is 13.9. The summed E-state index contributed by atoms with van der Waals surface area (Å²) in [6.45, 7) is 4.31. The smallest absolute Gasteiger partial charge is 0.252 e. The number of aromatic amines is 1. The van der Waals surface area contributed by atoms with Gasteiger partial charge in [-0.05, 0) is 80.0 Å². The number of H-pyrrole nitrogens is 1. The first-order chi connectivity index (χ1) is 19.0. The SMILES string of the molecule is O=C(N[C@H]1CC2CCN1CC2)c1cccc(COCCCCNC[C@H](O)c2ccc(O)c3[nH]c(=O)ccc23)c1. The van der Waals surface area contributed by atoms with Gasteiger partial charge in [0.05, 0.1) is 24.4 Å². The normalized spacial score (nSPS) is 21.2. The van der Waals surface area contributed by atoms with Crippen molar-refractivity contribution in [2.45, 2.75) is 51.0 Å². The molecule has 2 atom stereocenters. The number of aliphatic hydroxyl groups excluding tert-OH is 1. The summed E-state index contributed by atoms with van der Waals surface area (Å²) in [5.74, 6) is 0.704. The summed E-state index contributed by atoms with van der Waals surface area (Å²) >= 11 is 0. The lowest BCUT2D eigenvalue weighted by Gasteiger charge is -2.45. The van der Waals surface area contributed by atoms with E-state index in [9.17, 15) is 19.8 Å². The summed E-state index contributed by atoms with van der Waals surface area (Å²) in [5, 5.41) is 27.7. The molecule has 0 unspecified atom stereocenters. The van der Waals surface area contributed by atoms with Crippen LogP contribution in [0.2, 0.25) is 0 Å². The second kappa shape index (κ2) is 12.7. The van der Waals surface area contributed by atoms with Crippen LogP contribution in [0.1, 0.15) is 59.7 Å². The third-order valence-corrected chi connectivity index (χ3v) is 7.90. The molecule has 208 valence electrons. The molecule has 5 N–H and O–H groups in total. The molecule has 3 aromatic rings. The summed E-state index contributed by atoms with van der Waals surface area (Å²) in [4.78, 5) is 29.4. The van der Waals surface area contributed by atoms with Gasteiger partial charge in [-0.2, -0.15) is 0 Å². The number of phenolic OH excluding ortho intramolecular Hbond substituents is 1. The number of fused-ring (bicyclic) bond motifs is 4. The van der Waals surface area contributed by atoms with Crippen molar-refractivity contribution in [2.75, 3.05) is 32.8 Å². The molecule has 3 aliphatic heterocycles. The Morgan fingerprint density at radius 1 is 1.13 bits per heavy atom. The molecule has 2 bridgehead atoms. The van der Waals surface area contributed by atoms with Gasteiger partial charge in [0.2, 0.25) is 5.56 Å². The number of ether oxygens (including phenoxy) is 1. The second-order valence-electron chi connectivity index (χ2n) is 10.7. The van der Waals surface area contributed by atoms with E-state index in [0.717, 1.165) is 50.4 Å². The fourth-order valence-electron chi connectivity index (χ4n) is 5.69. The van der Waals surface area contributed by atoms with Crippen molar-refractivity contribution in [2.24, 2.45) is 5.92 Å². The predicted molar refractivity (Wildman–Crippen MR) is 150 cm³/mol. The minimum Gasteiger partial charge on any atom is -0.506 e. The van der Waals surface area contributed by atoms with E-state index in [4.69, 9.17) is 4.74 Å². The Morgan fingerprint density at radius 2 is 1.97 bits per heavy atom. The highest BCUT2D eigenvalue weighted by molar-refractivity contribution is 5.94. The Labute approximate surface area is 228 Å². The van der Waals surface area contributed by atoms with E-state index in [-0.39, 0.29) is 23.4 Å². The third kappa shape index (κ3) is 6.86. The van der Waals surface area contributed by atoms with Crippen LogP contribution < -0.4 is 16.2 Å². The molecule has 4 heterocycles. The minimum absolute atomic E-state index is 0.0174. The van der Waals surface area contributed by atoms with Gasteiger partial charge in [-0.1, -0.05) is 18.2 Å². The molecule has 0 radical (unpaired) electrons. The zero-order chi connectivity index (χ0) is 27.2. The molecule has 0 aliphatic carbocycles. The Bertz CT molecular complexity index is 1330. The van der Waals surface area contributed by atoms with Crippen LogP contribution in [0, 0.1) is 5.92 Å². The lowest BCUT2D eigenvalue weighted by Crippen LogP contribution is -2.56. The van der Waals surface area contributed by atoms with Gasteiger partial charge in [0.25, 0.3) is 5.91 Å². The number of hydrogen-bond donors (Lipinski definition) is 5. The van der Waals surface area contributed by atoms with Crippen molar-refractivity contribution < 1.29 is 19.7 Å². The molecule has 0 spiro atoms. The number of phenols is 1. The van der Waals surface area contributed by atoms with Crippen molar-refractivity contribution in [3.63, 3.8) is 0 Å². The molecule has 9 nitrogen and oxygen atoms in total. The molecule has 6 rings (SSSR count). The Balaban J connectivity index is 0.991. The average molecular weight is 535 g/mol. The number of hydrogen-bond acceptors (Lipinski definition) is 7. The predicted octanol–water partition coefficient (Wildman–Crippen LogP) is 3.03. The number of piperidine rings is 3. The molecule has 1 aromatic heterocycles. The maximum atomic E-state index is 12.8. The Hall–Kier alpha value is -3.24. The molecular weight excluding hydrogens is 496 g/mol. The molecule has 2 aromatic carbocycles. The lowest BCUT2D eigenvalue weighted by molar-refractivity contribution is 0.0295. The molecular formula is C30H38N4O5. The van der Waals surface area contributed by atoms with Crippen LogP contribution in [0.25, 0.3) is 10.9 Å². The van der Waals surface area contributed by atoms with Gasteiger partial charge in [0.15, 0.2) is 0 Å². The molecule has 1 amide bonds. The number of carbonyl (C=O) groups is 1. The van der Waals surface area contributed by atoms with E-state index in [1.54, 1.807) is 12.1 Å². The number of carbonyl (C=O) groups excluding carboxylic acids is 1. The number of rotatable bonds is 12. The standard InChI is InChI=1S/C30H38N4O5/c35-25-8-6-23(24-7-9-28(37)33-29(24)25)26(36)18-31-12-1-2-15-39-19-21-4-3-5-22(16-21)30(38)32-27-17-20-10-13-34(27)14-11-20/h3-9,16,20,26-27,31,35-36H,1-2,10-15,17-19H2,(H,32,38)(H,33,37)/t26-,27+/m0/s1. The Morgan fingerprint density at radius 3 is 2.77 bits per heavy atom. The average Bonchev–Trinajstić information content (AvgIpc) is 2.95. The minimum atomic E-state index is -0.773. The van der Waals surface area contributed by atoms with Crippen LogP contribution in [-0.2, 0) is 11.3 Å².